The Morgan fingerprint density at radius 1 is 0.812 bits per heavy atom. The highest BCUT2D eigenvalue weighted by Gasteiger charge is 1.91. The predicted molar refractivity (Wildman–Crippen MR) is 72.5 cm³/mol. The summed E-state index contributed by atoms with van der Waals surface area (Å²) in [6.07, 6.45) is 10.9. The van der Waals surface area contributed by atoms with Crippen molar-refractivity contribution in [3.8, 4) is 0 Å². The van der Waals surface area contributed by atoms with Crippen LogP contribution in [0.15, 0.2) is 34.9 Å². The molecule has 0 aliphatic rings. The molecule has 0 unspecified atom stereocenters. The topological polar surface area (TPSA) is 20.2 Å². The summed E-state index contributed by atoms with van der Waals surface area (Å²) in [6, 6.07) is 0. The molecular formula is C15H26O. The molecule has 1 N–H and O–H groups in total. The number of hydrogen-bond acceptors (Lipinski definition) is 1. The zero-order valence-electron chi connectivity index (χ0n) is 11.2. The summed E-state index contributed by atoms with van der Waals surface area (Å²) in [5.74, 6) is 0. The van der Waals surface area contributed by atoms with Crippen molar-refractivity contribution in [3.63, 3.8) is 0 Å². The number of aliphatic hydroxyl groups is 1. The zero-order valence-corrected chi connectivity index (χ0v) is 11.2. The van der Waals surface area contributed by atoms with Gasteiger partial charge in [-0.05, 0) is 53.4 Å². The molecule has 92 valence electrons. The van der Waals surface area contributed by atoms with Gasteiger partial charge in [0, 0.05) is 0 Å². The van der Waals surface area contributed by atoms with Gasteiger partial charge in [0.15, 0.2) is 0 Å². The van der Waals surface area contributed by atoms with Gasteiger partial charge in [-0.3, -0.25) is 0 Å². The van der Waals surface area contributed by atoms with E-state index < -0.39 is 0 Å². The van der Waals surface area contributed by atoms with Gasteiger partial charge in [0.1, 0.15) is 0 Å². The van der Waals surface area contributed by atoms with Crippen molar-refractivity contribution in [2.45, 2.75) is 53.4 Å². The molecule has 0 saturated carbocycles. The highest BCUT2D eigenvalue weighted by molar-refractivity contribution is 5.05. The first kappa shape index (κ1) is 15.2. The van der Waals surface area contributed by atoms with Crippen LogP contribution in [0.1, 0.15) is 53.4 Å². The monoisotopic (exact) mass is 225 g/mol. The fourth-order valence-corrected chi connectivity index (χ4v) is 1.49. The second-order valence-corrected chi connectivity index (χ2v) is 4.64. The van der Waals surface area contributed by atoms with Crippen molar-refractivity contribution in [1.82, 2.24) is 0 Å². The van der Waals surface area contributed by atoms with E-state index in [0.717, 1.165) is 25.7 Å². The molecule has 0 aromatic rings. The lowest BCUT2D eigenvalue weighted by molar-refractivity contribution is 0.341. The fourth-order valence-electron chi connectivity index (χ4n) is 1.49. The third kappa shape index (κ3) is 9.72. The van der Waals surface area contributed by atoms with E-state index in [2.05, 4.69) is 39.8 Å². The van der Waals surface area contributed by atoms with E-state index in [4.69, 9.17) is 5.11 Å². The van der Waals surface area contributed by atoms with Crippen molar-refractivity contribution < 1.29 is 5.11 Å². The van der Waals surface area contributed by atoms with Crippen LogP contribution in [-0.4, -0.2) is 11.7 Å². The molecule has 0 fully saturated rings. The smallest absolute Gasteiger partial charge is 0.0614 e. The summed E-state index contributed by atoms with van der Waals surface area (Å²) in [7, 11) is 0. The number of rotatable bonds is 7. The Morgan fingerprint density at radius 3 is 1.81 bits per heavy atom. The molecule has 16 heavy (non-hydrogen) atoms. The van der Waals surface area contributed by atoms with Crippen LogP contribution >= 0.6 is 0 Å². The molecule has 0 bridgehead atoms. The summed E-state index contributed by atoms with van der Waals surface area (Å²) in [5.41, 5.74) is 4.14. The Bertz CT molecular complexity index is 265. The molecule has 0 aliphatic heterocycles. The standard InChI is InChI=1S/C15H26O/c1-13(2)7-5-8-14(3)9-6-10-15(4)11-12-16/h7,9,11,16H,5-6,8,10,12H2,1-4H3/b14-9+,15-11+/i1+1,2+1,13+1. The maximum absolute atomic E-state index is 8.72. The Kier molecular flexibility index (Phi) is 8.93. The third-order valence-corrected chi connectivity index (χ3v) is 2.56. The number of allylic oxidation sites excluding steroid dienone is 5. The van der Waals surface area contributed by atoms with Crippen LogP contribution in [0.2, 0.25) is 0 Å². The third-order valence-electron chi connectivity index (χ3n) is 2.56. The van der Waals surface area contributed by atoms with Crippen LogP contribution in [0.5, 0.6) is 0 Å². The van der Waals surface area contributed by atoms with E-state index in [0.29, 0.717) is 0 Å². The van der Waals surface area contributed by atoms with E-state index in [1.807, 2.05) is 6.08 Å². The lowest BCUT2D eigenvalue weighted by atomic mass is 10.1. The van der Waals surface area contributed by atoms with Gasteiger partial charge in [-0.1, -0.05) is 34.9 Å². The molecule has 0 heterocycles. The highest BCUT2D eigenvalue weighted by Crippen LogP contribution is 2.10. The van der Waals surface area contributed by atoms with Crippen LogP contribution in [0.25, 0.3) is 0 Å². The molecule has 0 aromatic heterocycles. The van der Waals surface area contributed by atoms with Gasteiger partial charge in [0.05, 0.1) is 6.61 Å². The minimum atomic E-state index is 0.162. The Labute approximate surface area is 101 Å². The molecule has 0 radical (unpaired) electrons. The average Bonchev–Trinajstić information content (AvgIpc) is 2.17. The lowest BCUT2D eigenvalue weighted by Crippen LogP contribution is -1.82. The Morgan fingerprint density at radius 2 is 1.31 bits per heavy atom. The number of aliphatic hydroxyl groups excluding tert-OH is 1. The highest BCUT2D eigenvalue weighted by atomic mass is 16.2. The Balaban J connectivity index is 3.79. The van der Waals surface area contributed by atoms with Gasteiger partial charge in [0.2, 0.25) is 0 Å². The zero-order chi connectivity index (χ0) is 12.4. The van der Waals surface area contributed by atoms with Crippen LogP contribution in [-0.2, 0) is 0 Å². The second-order valence-electron chi connectivity index (χ2n) is 4.64. The van der Waals surface area contributed by atoms with Crippen molar-refractivity contribution >= 4 is 0 Å². The molecule has 0 saturated heterocycles. The number of hydrogen-bond donors (Lipinski definition) is 1. The van der Waals surface area contributed by atoms with Gasteiger partial charge in [0.25, 0.3) is 0 Å². The summed E-state index contributed by atoms with van der Waals surface area (Å²) in [4.78, 5) is 0. The minimum Gasteiger partial charge on any atom is -0.392 e. The summed E-state index contributed by atoms with van der Waals surface area (Å²) >= 11 is 0. The van der Waals surface area contributed by atoms with Crippen molar-refractivity contribution in [1.29, 1.82) is 0 Å². The lowest BCUT2D eigenvalue weighted by Gasteiger charge is -2.00. The van der Waals surface area contributed by atoms with E-state index >= 15 is 0 Å². The summed E-state index contributed by atoms with van der Waals surface area (Å²) in [6.45, 7) is 8.71. The molecule has 0 amide bonds. The SMILES string of the molecule is C/C(=C\CC/C(C)=C/CO)CCC=[13C]([13CH3])[13CH3]. The van der Waals surface area contributed by atoms with Gasteiger partial charge in [-0.25, -0.2) is 0 Å². The van der Waals surface area contributed by atoms with Crippen molar-refractivity contribution in [2.24, 2.45) is 0 Å². The molecule has 0 rings (SSSR count). The molecule has 1 nitrogen and oxygen atoms in total. The van der Waals surface area contributed by atoms with Gasteiger partial charge < -0.3 is 5.11 Å². The molecular weight excluding hydrogens is 199 g/mol. The van der Waals surface area contributed by atoms with E-state index in [1.54, 1.807) is 0 Å². The van der Waals surface area contributed by atoms with Crippen molar-refractivity contribution in [2.75, 3.05) is 6.61 Å². The molecule has 0 atom stereocenters. The summed E-state index contributed by atoms with van der Waals surface area (Å²) < 4.78 is 0. The average molecular weight is 225 g/mol. The van der Waals surface area contributed by atoms with Crippen LogP contribution in [0.4, 0.5) is 0 Å². The largest absolute Gasteiger partial charge is 0.392 e. The van der Waals surface area contributed by atoms with Crippen molar-refractivity contribution in [3.05, 3.63) is 34.9 Å². The summed E-state index contributed by atoms with van der Waals surface area (Å²) in [5, 5.41) is 8.72. The normalized spacial score (nSPS) is 12.8. The van der Waals surface area contributed by atoms with Gasteiger partial charge in [-0.2, -0.15) is 0 Å². The second kappa shape index (κ2) is 9.41. The first-order valence-electron chi connectivity index (χ1n) is 6.11. The van der Waals surface area contributed by atoms with Crippen LogP contribution in [0, 0.1) is 0 Å². The van der Waals surface area contributed by atoms with Crippen LogP contribution in [0.3, 0.4) is 0 Å². The predicted octanol–water partition coefficient (Wildman–Crippen LogP) is 4.40. The van der Waals surface area contributed by atoms with Gasteiger partial charge >= 0.3 is 0 Å². The molecule has 1 heteroatoms. The maximum atomic E-state index is 8.72. The maximum Gasteiger partial charge on any atom is 0.0614 e. The first-order valence-corrected chi connectivity index (χ1v) is 6.11. The molecule has 0 aromatic carbocycles. The van der Waals surface area contributed by atoms with E-state index in [1.165, 1.54) is 16.7 Å². The molecule has 0 spiro atoms. The van der Waals surface area contributed by atoms with Gasteiger partial charge in [-0.15, -0.1) is 0 Å². The molecule has 0 aliphatic carbocycles. The fraction of sp³-hybridized carbons (Fsp3) is 0.600. The van der Waals surface area contributed by atoms with E-state index in [-0.39, 0.29) is 6.61 Å². The van der Waals surface area contributed by atoms with Crippen LogP contribution < -0.4 is 0 Å². The quantitative estimate of drug-likeness (QED) is 0.503. The minimum absolute atomic E-state index is 0.162. The van der Waals surface area contributed by atoms with E-state index in [9.17, 15) is 0 Å². The Hall–Kier alpha value is -0.820. The first-order chi connectivity index (χ1) is 7.56.